The third-order valence-electron chi connectivity index (χ3n) is 7.30. The van der Waals surface area contributed by atoms with Crippen LogP contribution in [0.1, 0.15) is 50.1 Å². The summed E-state index contributed by atoms with van der Waals surface area (Å²) in [5.74, 6) is 0.337. The van der Waals surface area contributed by atoms with E-state index in [0.717, 1.165) is 68.0 Å². The SMILES string of the molecule is Cc1n[nH]c(C)c1NC(=O)CN1CCC2(CC1)C[C@H](Cc1ccc(F)cc1)N(CC(C)C)C2=O. The van der Waals surface area contributed by atoms with Gasteiger partial charge in [0.2, 0.25) is 11.8 Å². The first-order valence-electron chi connectivity index (χ1n) is 12.3. The van der Waals surface area contributed by atoms with Gasteiger partial charge in [-0.25, -0.2) is 4.39 Å². The highest BCUT2D eigenvalue weighted by Crippen LogP contribution is 2.45. The van der Waals surface area contributed by atoms with Crippen molar-refractivity contribution in [2.75, 3.05) is 31.5 Å². The van der Waals surface area contributed by atoms with Gasteiger partial charge in [-0.3, -0.25) is 19.6 Å². The van der Waals surface area contributed by atoms with Crippen molar-refractivity contribution >= 4 is 17.5 Å². The number of carbonyl (C=O) groups is 2. The Balaban J connectivity index is 1.39. The Kier molecular flexibility index (Phi) is 7.07. The lowest BCUT2D eigenvalue weighted by molar-refractivity contribution is -0.139. The van der Waals surface area contributed by atoms with Crippen molar-refractivity contribution in [2.45, 2.75) is 59.4 Å². The molecule has 2 saturated heterocycles. The van der Waals surface area contributed by atoms with E-state index in [0.29, 0.717) is 12.5 Å². The molecule has 2 fully saturated rings. The Bertz CT molecular complexity index is 1000. The van der Waals surface area contributed by atoms with Gasteiger partial charge < -0.3 is 10.2 Å². The van der Waals surface area contributed by atoms with Gasteiger partial charge in [0.25, 0.3) is 0 Å². The van der Waals surface area contributed by atoms with Gasteiger partial charge in [-0.05, 0) is 76.2 Å². The number of aryl methyl sites for hydroxylation is 2. The molecule has 2 aliphatic heterocycles. The predicted molar refractivity (Wildman–Crippen MR) is 130 cm³/mol. The van der Waals surface area contributed by atoms with E-state index in [9.17, 15) is 14.0 Å². The van der Waals surface area contributed by atoms with Crippen molar-refractivity contribution in [1.82, 2.24) is 20.0 Å². The van der Waals surface area contributed by atoms with E-state index in [4.69, 9.17) is 0 Å². The molecule has 3 heterocycles. The average Bonchev–Trinajstić information content (AvgIpc) is 3.23. The maximum Gasteiger partial charge on any atom is 0.238 e. The number of halogens is 1. The number of amides is 2. The van der Waals surface area contributed by atoms with E-state index in [2.05, 4.69) is 39.2 Å². The first-order chi connectivity index (χ1) is 16.2. The van der Waals surface area contributed by atoms with E-state index in [1.165, 1.54) is 12.1 Å². The molecule has 2 aliphatic rings. The Morgan fingerprint density at radius 1 is 1.24 bits per heavy atom. The molecular weight excluding hydrogens is 433 g/mol. The number of anilines is 1. The molecule has 0 unspecified atom stereocenters. The fourth-order valence-electron chi connectivity index (χ4n) is 5.49. The van der Waals surface area contributed by atoms with Crippen LogP contribution in [0.5, 0.6) is 0 Å². The zero-order valence-electron chi connectivity index (χ0n) is 20.7. The van der Waals surface area contributed by atoms with Gasteiger partial charge in [0.05, 0.1) is 29.0 Å². The molecule has 2 aromatic rings. The predicted octanol–water partition coefficient (Wildman–Crippen LogP) is 3.69. The van der Waals surface area contributed by atoms with Crippen molar-refractivity contribution in [1.29, 1.82) is 0 Å². The van der Waals surface area contributed by atoms with Crippen LogP contribution in [0, 0.1) is 31.0 Å². The number of aromatic amines is 1. The minimum absolute atomic E-state index is 0.0584. The number of nitrogens with one attached hydrogen (secondary N) is 2. The molecule has 1 atom stereocenters. The van der Waals surface area contributed by atoms with E-state index in [1.807, 2.05) is 26.0 Å². The number of H-pyrrole nitrogens is 1. The summed E-state index contributed by atoms with van der Waals surface area (Å²) in [5.41, 5.74) is 3.07. The minimum Gasteiger partial charge on any atom is -0.339 e. The number of piperidine rings is 1. The smallest absolute Gasteiger partial charge is 0.238 e. The summed E-state index contributed by atoms with van der Waals surface area (Å²) >= 11 is 0. The van der Waals surface area contributed by atoms with Crippen LogP contribution in [-0.4, -0.2) is 64.0 Å². The summed E-state index contributed by atoms with van der Waals surface area (Å²) in [6, 6.07) is 6.75. The van der Waals surface area contributed by atoms with Crippen LogP contribution in [0.2, 0.25) is 0 Å². The second kappa shape index (κ2) is 9.86. The minimum atomic E-state index is -0.357. The van der Waals surface area contributed by atoms with Crippen molar-refractivity contribution in [3.63, 3.8) is 0 Å². The molecule has 0 bridgehead atoms. The van der Waals surface area contributed by atoms with Gasteiger partial charge >= 0.3 is 0 Å². The van der Waals surface area contributed by atoms with Crippen molar-refractivity contribution in [3.05, 3.63) is 47.0 Å². The van der Waals surface area contributed by atoms with Gasteiger partial charge in [0, 0.05) is 12.6 Å². The second-order valence-electron chi connectivity index (χ2n) is 10.5. The van der Waals surface area contributed by atoms with Crippen molar-refractivity contribution in [2.24, 2.45) is 11.3 Å². The van der Waals surface area contributed by atoms with Crippen LogP contribution < -0.4 is 5.32 Å². The largest absolute Gasteiger partial charge is 0.339 e. The maximum absolute atomic E-state index is 13.6. The molecule has 34 heavy (non-hydrogen) atoms. The summed E-state index contributed by atoms with van der Waals surface area (Å²) in [4.78, 5) is 30.5. The van der Waals surface area contributed by atoms with Crippen LogP contribution in [-0.2, 0) is 16.0 Å². The van der Waals surface area contributed by atoms with Crippen molar-refractivity contribution in [3.8, 4) is 0 Å². The van der Waals surface area contributed by atoms with Crippen LogP contribution >= 0.6 is 0 Å². The van der Waals surface area contributed by atoms with Crippen LogP contribution in [0.25, 0.3) is 0 Å². The molecule has 4 rings (SSSR count). The highest BCUT2D eigenvalue weighted by atomic mass is 19.1. The monoisotopic (exact) mass is 469 g/mol. The van der Waals surface area contributed by atoms with E-state index in [1.54, 1.807) is 0 Å². The molecule has 0 aliphatic carbocycles. The summed E-state index contributed by atoms with van der Waals surface area (Å²) in [6.45, 7) is 10.5. The molecule has 2 N–H and O–H groups in total. The lowest BCUT2D eigenvalue weighted by Crippen LogP contribution is -2.47. The number of likely N-dealkylation sites (tertiary alicyclic amines) is 2. The Morgan fingerprint density at radius 2 is 1.91 bits per heavy atom. The fourth-order valence-corrected chi connectivity index (χ4v) is 5.49. The zero-order chi connectivity index (χ0) is 24.5. The number of nitrogens with zero attached hydrogens (tertiary/aromatic N) is 3. The first-order valence-corrected chi connectivity index (χ1v) is 12.3. The summed E-state index contributed by atoms with van der Waals surface area (Å²) in [5, 5.41) is 9.98. The third kappa shape index (κ3) is 5.17. The Hall–Kier alpha value is -2.74. The second-order valence-corrected chi connectivity index (χ2v) is 10.5. The van der Waals surface area contributed by atoms with Crippen LogP contribution in [0.4, 0.5) is 10.1 Å². The van der Waals surface area contributed by atoms with Gasteiger partial charge in [-0.2, -0.15) is 5.10 Å². The average molecular weight is 470 g/mol. The molecule has 0 radical (unpaired) electrons. The maximum atomic E-state index is 13.6. The number of hydrogen-bond donors (Lipinski definition) is 2. The van der Waals surface area contributed by atoms with Gasteiger partial charge in [-0.1, -0.05) is 26.0 Å². The molecule has 184 valence electrons. The quantitative estimate of drug-likeness (QED) is 0.648. The summed E-state index contributed by atoms with van der Waals surface area (Å²) in [6.07, 6.45) is 3.09. The van der Waals surface area contributed by atoms with E-state index >= 15 is 0 Å². The van der Waals surface area contributed by atoms with Gasteiger partial charge in [0.1, 0.15) is 5.82 Å². The highest BCUT2D eigenvalue weighted by molar-refractivity contribution is 5.93. The molecular formula is C26H36FN5O2. The normalized spacial score (nSPS) is 20.5. The number of rotatable bonds is 7. The molecule has 1 aromatic heterocycles. The third-order valence-corrected chi connectivity index (χ3v) is 7.30. The lowest BCUT2D eigenvalue weighted by Gasteiger charge is -2.37. The van der Waals surface area contributed by atoms with Crippen LogP contribution in [0.15, 0.2) is 24.3 Å². The standard InChI is InChI=1S/C26H36FN5O2/c1-17(2)15-32-22(13-20-5-7-21(27)8-6-20)14-26(25(32)34)9-11-31(12-10-26)16-23(33)28-24-18(3)29-30-19(24)4/h5-8,17,22H,9-16H2,1-4H3,(H,28,33)(H,29,30)/t22-/m0/s1. The first kappa shape index (κ1) is 24.4. The molecule has 7 nitrogen and oxygen atoms in total. The molecule has 0 saturated carbocycles. The number of hydrogen-bond acceptors (Lipinski definition) is 4. The summed E-state index contributed by atoms with van der Waals surface area (Å²) in [7, 11) is 0. The Morgan fingerprint density at radius 3 is 2.50 bits per heavy atom. The molecule has 1 aromatic carbocycles. The van der Waals surface area contributed by atoms with E-state index in [-0.39, 0.29) is 29.1 Å². The number of aromatic nitrogens is 2. The molecule has 1 spiro atoms. The Labute approximate surface area is 201 Å². The summed E-state index contributed by atoms with van der Waals surface area (Å²) < 4.78 is 13.4. The molecule has 8 heteroatoms. The molecule has 2 amide bonds. The fraction of sp³-hybridized carbons (Fsp3) is 0.577. The number of carbonyl (C=O) groups excluding carboxylic acids is 2. The van der Waals surface area contributed by atoms with E-state index < -0.39 is 0 Å². The van der Waals surface area contributed by atoms with Crippen molar-refractivity contribution < 1.29 is 14.0 Å². The van der Waals surface area contributed by atoms with Gasteiger partial charge in [-0.15, -0.1) is 0 Å². The van der Waals surface area contributed by atoms with Gasteiger partial charge in [0.15, 0.2) is 0 Å². The lowest BCUT2D eigenvalue weighted by atomic mass is 9.75. The topological polar surface area (TPSA) is 81.3 Å². The zero-order valence-corrected chi connectivity index (χ0v) is 20.7. The highest BCUT2D eigenvalue weighted by Gasteiger charge is 2.52. The van der Waals surface area contributed by atoms with Crippen LogP contribution in [0.3, 0.4) is 0 Å². The number of benzene rings is 1.